The van der Waals surface area contributed by atoms with E-state index in [2.05, 4.69) is 30.9 Å². The molecule has 0 aromatic carbocycles. The quantitative estimate of drug-likeness (QED) is 0.734. The van der Waals surface area contributed by atoms with Crippen molar-refractivity contribution in [2.24, 2.45) is 11.7 Å². The first-order valence-electron chi connectivity index (χ1n) is 6.27. The standard InChI is InChI=1S/C14H24N2O/c1-4-12(11(2)3)5-6-13(9-15)16-8-7-14(17)10-16/h4-6,9,11,14,17H,7-8,10,15H2,1-3H3/b6-5-,12-4+,13-9+/t14-/m1/s1. The van der Waals surface area contributed by atoms with Crippen molar-refractivity contribution in [3.05, 3.63) is 35.7 Å². The lowest BCUT2D eigenvalue weighted by molar-refractivity contribution is 0.184. The SMILES string of the molecule is C\C=C(/C=C\C(=C/N)N1CC[C@@H](O)C1)C(C)C. The molecule has 3 nitrogen and oxygen atoms in total. The second-order valence-corrected chi connectivity index (χ2v) is 4.76. The van der Waals surface area contributed by atoms with Crippen LogP contribution in [0.4, 0.5) is 0 Å². The van der Waals surface area contributed by atoms with E-state index in [4.69, 9.17) is 5.73 Å². The van der Waals surface area contributed by atoms with Gasteiger partial charge in [0.25, 0.3) is 0 Å². The van der Waals surface area contributed by atoms with E-state index < -0.39 is 0 Å². The van der Waals surface area contributed by atoms with E-state index in [9.17, 15) is 5.11 Å². The molecular formula is C14H24N2O. The van der Waals surface area contributed by atoms with Crippen LogP contribution in [0, 0.1) is 5.92 Å². The van der Waals surface area contributed by atoms with Crippen molar-refractivity contribution in [3.8, 4) is 0 Å². The van der Waals surface area contributed by atoms with Crippen LogP contribution in [0.15, 0.2) is 35.7 Å². The molecule has 0 aromatic heterocycles. The highest BCUT2D eigenvalue weighted by Crippen LogP contribution is 2.17. The van der Waals surface area contributed by atoms with Crippen LogP contribution in [0.2, 0.25) is 0 Å². The summed E-state index contributed by atoms with van der Waals surface area (Å²) in [5, 5.41) is 9.51. The molecule has 0 spiro atoms. The van der Waals surface area contributed by atoms with Crippen molar-refractivity contribution >= 4 is 0 Å². The number of nitrogens with zero attached hydrogens (tertiary/aromatic N) is 1. The Bertz CT molecular complexity index is 329. The van der Waals surface area contributed by atoms with Gasteiger partial charge in [-0.2, -0.15) is 0 Å². The zero-order valence-electron chi connectivity index (χ0n) is 11.1. The summed E-state index contributed by atoms with van der Waals surface area (Å²) in [5.74, 6) is 0.513. The van der Waals surface area contributed by atoms with Gasteiger partial charge in [-0.25, -0.2) is 0 Å². The Morgan fingerprint density at radius 2 is 2.12 bits per heavy atom. The third-order valence-electron chi connectivity index (χ3n) is 3.15. The lowest BCUT2D eigenvalue weighted by Crippen LogP contribution is -2.21. The summed E-state index contributed by atoms with van der Waals surface area (Å²) in [4.78, 5) is 2.12. The first kappa shape index (κ1) is 13.8. The summed E-state index contributed by atoms with van der Waals surface area (Å²) in [6.07, 6.45) is 8.48. The zero-order chi connectivity index (χ0) is 12.8. The molecule has 0 amide bonds. The van der Waals surface area contributed by atoms with E-state index in [1.54, 1.807) is 6.20 Å². The normalized spacial score (nSPS) is 23.1. The summed E-state index contributed by atoms with van der Waals surface area (Å²) in [6, 6.07) is 0. The van der Waals surface area contributed by atoms with E-state index in [1.165, 1.54) is 5.57 Å². The number of β-amino-alcohol motifs (C(OH)–C–C–N with tert-alkyl or cyclic N) is 1. The van der Waals surface area contributed by atoms with Crippen LogP contribution in [0.5, 0.6) is 0 Å². The number of nitrogens with two attached hydrogens (primary N) is 1. The molecule has 1 aliphatic rings. The van der Waals surface area contributed by atoms with Crippen molar-refractivity contribution in [2.75, 3.05) is 13.1 Å². The number of hydrogen-bond donors (Lipinski definition) is 2. The third-order valence-corrected chi connectivity index (χ3v) is 3.15. The largest absolute Gasteiger partial charge is 0.403 e. The Balaban J connectivity index is 2.68. The Morgan fingerprint density at radius 1 is 1.41 bits per heavy atom. The van der Waals surface area contributed by atoms with Gasteiger partial charge in [-0.15, -0.1) is 0 Å². The number of allylic oxidation sites excluding steroid dienone is 4. The van der Waals surface area contributed by atoms with Gasteiger partial charge in [0.1, 0.15) is 0 Å². The van der Waals surface area contributed by atoms with Crippen LogP contribution in [0.1, 0.15) is 27.2 Å². The molecule has 3 N–H and O–H groups in total. The predicted octanol–water partition coefficient (Wildman–Crippen LogP) is 2.01. The van der Waals surface area contributed by atoms with Gasteiger partial charge in [0.05, 0.1) is 11.8 Å². The molecule has 96 valence electrons. The third kappa shape index (κ3) is 3.93. The highest BCUT2D eigenvalue weighted by molar-refractivity contribution is 5.28. The van der Waals surface area contributed by atoms with Crippen LogP contribution in [-0.4, -0.2) is 29.2 Å². The molecule has 1 fully saturated rings. The van der Waals surface area contributed by atoms with Gasteiger partial charge in [-0.3, -0.25) is 0 Å². The molecule has 0 aliphatic carbocycles. The van der Waals surface area contributed by atoms with Crippen molar-refractivity contribution in [3.63, 3.8) is 0 Å². The van der Waals surface area contributed by atoms with Gasteiger partial charge < -0.3 is 15.7 Å². The monoisotopic (exact) mass is 236 g/mol. The van der Waals surface area contributed by atoms with E-state index in [-0.39, 0.29) is 6.10 Å². The maximum atomic E-state index is 9.51. The molecule has 1 rings (SSSR count). The van der Waals surface area contributed by atoms with E-state index in [1.807, 2.05) is 13.0 Å². The minimum atomic E-state index is -0.218. The smallest absolute Gasteiger partial charge is 0.0731 e. The number of likely N-dealkylation sites (tertiary alicyclic amines) is 1. The summed E-state index contributed by atoms with van der Waals surface area (Å²) < 4.78 is 0. The highest BCUT2D eigenvalue weighted by atomic mass is 16.3. The maximum Gasteiger partial charge on any atom is 0.0731 e. The first-order valence-corrected chi connectivity index (χ1v) is 6.27. The van der Waals surface area contributed by atoms with E-state index >= 15 is 0 Å². The fraction of sp³-hybridized carbons (Fsp3) is 0.571. The van der Waals surface area contributed by atoms with Crippen LogP contribution in [-0.2, 0) is 0 Å². The van der Waals surface area contributed by atoms with Crippen LogP contribution in [0.3, 0.4) is 0 Å². The van der Waals surface area contributed by atoms with E-state index in [0.29, 0.717) is 12.5 Å². The first-order chi connectivity index (χ1) is 8.08. The Labute approximate surface area is 104 Å². The minimum Gasteiger partial charge on any atom is -0.403 e. The summed E-state index contributed by atoms with van der Waals surface area (Å²) in [5.41, 5.74) is 7.93. The lowest BCUT2D eigenvalue weighted by atomic mass is 10.0. The van der Waals surface area contributed by atoms with Crippen LogP contribution >= 0.6 is 0 Å². The summed E-state index contributed by atoms with van der Waals surface area (Å²) >= 11 is 0. The van der Waals surface area contributed by atoms with Crippen molar-refractivity contribution in [1.29, 1.82) is 0 Å². The highest BCUT2D eigenvalue weighted by Gasteiger charge is 2.20. The number of aliphatic hydroxyl groups excluding tert-OH is 1. The second kappa shape index (κ2) is 6.50. The fourth-order valence-electron chi connectivity index (χ4n) is 2.05. The molecule has 1 aliphatic heterocycles. The Kier molecular flexibility index (Phi) is 5.29. The van der Waals surface area contributed by atoms with Crippen molar-refractivity contribution in [1.82, 2.24) is 4.90 Å². The van der Waals surface area contributed by atoms with Gasteiger partial charge in [0, 0.05) is 19.3 Å². The van der Waals surface area contributed by atoms with Gasteiger partial charge >= 0.3 is 0 Å². The maximum absolute atomic E-state index is 9.51. The molecule has 1 atom stereocenters. The topological polar surface area (TPSA) is 49.5 Å². The molecule has 1 heterocycles. The Hall–Kier alpha value is -1.22. The number of rotatable bonds is 4. The van der Waals surface area contributed by atoms with Crippen molar-refractivity contribution < 1.29 is 5.11 Å². The average Bonchev–Trinajstić information content (AvgIpc) is 2.71. The van der Waals surface area contributed by atoms with Gasteiger partial charge in [-0.05, 0) is 30.9 Å². The molecule has 17 heavy (non-hydrogen) atoms. The van der Waals surface area contributed by atoms with Gasteiger partial charge in [0.15, 0.2) is 0 Å². The zero-order valence-corrected chi connectivity index (χ0v) is 11.1. The Morgan fingerprint density at radius 3 is 2.53 bits per heavy atom. The predicted molar refractivity (Wildman–Crippen MR) is 72.2 cm³/mol. The molecule has 0 radical (unpaired) electrons. The number of aliphatic hydroxyl groups is 1. The number of hydrogen-bond acceptors (Lipinski definition) is 3. The summed E-state index contributed by atoms with van der Waals surface area (Å²) in [7, 11) is 0. The van der Waals surface area contributed by atoms with E-state index in [0.717, 1.165) is 18.7 Å². The van der Waals surface area contributed by atoms with Crippen molar-refractivity contribution in [2.45, 2.75) is 33.3 Å². The molecule has 3 heteroatoms. The lowest BCUT2D eigenvalue weighted by Gasteiger charge is -2.18. The van der Waals surface area contributed by atoms with Crippen LogP contribution in [0.25, 0.3) is 0 Å². The average molecular weight is 236 g/mol. The van der Waals surface area contributed by atoms with Gasteiger partial charge in [0.2, 0.25) is 0 Å². The minimum absolute atomic E-state index is 0.218. The fourth-order valence-corrected chi connectivity index (χ4v) is 2.05. The molecule has 0 bridgehead atoms. The van der Waals surface area contributed by atoms with Crippen LogP contribution < -0.4 is 5.73 Å². The van der Waals surface area contributed by atoms with Gasteiger partial charge in [-0.1, -0.05) is 26.0 Å². The molecule has 0 aromatic rings. The molecule has 1 saturated heterocycles. The molecular weight excluding hydrogens is 212 g/mol. The second-order valence-electron chi connectivity index (χ2n) is 4.76. The molecule has 0 unspecified atom stereocenters. The molecule has 0 saturated carbocycles. The summed E-state index contributed by atoms with van der Waals surface area (Å²) in [6.45, 7) is 7.95.